The quantitative estimate of drug-likeness (QED) is 0.182. The lowest BCUT2D eigenvalue weighted by Gasteiger charge is -2.14. The molecule has 2 aliphatic rings. The third-order valence-electron chi connectivity index (χ3n) is 12.3. The number of aryl methyl sites for hydroxylation is 2. The minimum atomic E-state index is 0.888. The fourth-order valence-corrected chi connectivity index (χ4v) is 9.45. The van der Waals surface area contributed by atoms with Crippen molar-refractivity contribution in [2.45, 2.75) is 13.8 Å². The standard InChI is InChI=1S/C54H34N2/c1-31-29-49-50(30-32(31)2)56-54(36-23-19-34(20-24-36)38-26-28-48-42-12-6-4-10-40(42)46-16-8-14-44(38)52(46)48)53(55-49)35-21-17-33(18-22-35)37-25-27-47-41-11-5-3-9-39(41)45-15-7-13-43(37)51(45)47/h3-30H,1-2H3. The van der Waals surface area contributed by atoms with Gasteiger partial charge >= 0.3 is 0 Å². The van der Waals surface area contributed by atoms with Gasteiger partial charge in [0.1, 0.15) is 0 Å². The van der Waals surface area contributed by atoms with E-state index < -0.39 is 0 Å². The van der Waals surface area contributed by atoms with Crippen molar-refractivity contribution >= 4 is 32.6 Å². The normalized spacial score (nSPS) is 12.1. The predicted octanol–water partition coefficient (Wildman–Crippen LogP) is 14.5. The van der Waals surface area contributed by atoms with Crippen LogP contribution in [0.1, 0.15) is 11.1 Å². The summed E-state index contributed by atoms with van der Waals surface area (Å²) >= 11 is 0. The van der Waals surface area contributed by atoms with Gasteiger partial charge in [-0.3, -0.25) is 0 Å². The van der Waals surface area contributed by atoms with Crippen molar-refractivity contribution < 1.29 is 0 Å². The van der Waals surface area contributed by atoms with Crippen molar-refractivity contribution in [3.8, 4) is 89.3 Å². The lowest BCUT2D eigenvalue weighted by molar-refractivity contribution is 1.26. The summed E-state index contributed by atoms with van der Waals surface area (Å²) in [7, 11) is 0. The first-order chi connectivity index (χ1) is 27.6. The van der Waals surface area contributed by atoms with E-state index in [1.54, 1.807) is 0 Å². The number of hydrogen-bond acceptors (Lipinski definition) is 2. The number of fused-ring (bicyclic) bond motifs is 7. The van der Waals surface area contributed by atoms with Crippen LogP contribution in [0, 0.1) is 13.8 Å². The Labute approximate surface area is 325 Å². The third kappa shape index (κ3) is 4.44. The molecule has 0 radical (unpaired) electrons. The molecule has 0 atom stereocenters. The topological polar surface area (TPSA) is 25.8 Å². The molecular formula is C54H34N2. The second-order valence-corrected chi connectivity index (χ2v) is 15.4. The summed E-state index contributed by atoms with van der Waals surface area (Å²) in [6.45, 7) is 4.29. The maximum absolute atomic E-state index is 5.34. The van der Waals surface area contributed by atoms with Gasteiger partial charge in [0.25, 0.3) is 0 Å². The Balaban J connectivity index is 0.962. The van der Waals surface area contributed by atoms with Crippen LogP contribution in [0.3, 0.4) is 0 Å². The van der Waals surface area contributed by atoms with E-state index in [4.69, 9.17) is 9.97 Å². The molecule has 260 valence electrons. The summed E-state index contributed by atoms with van der Waals surface area (Å²) in [5.41, 5.74) is 23.5. The molecule has 0 amide bonds. The highest BCUT2D eigenvalue weighted by molar-refractivity contribution is 6.20. The van der Waals surface area contributed by atoms with Crippen molar-refractivity contribution in [3.63, 3.8) is 0 Å². The van der Waals surface area contributed by atoms with Gasteiger partial charge in [-0.25, -0.2) is 9.97 Å². The van der Waals surface area contributed by atoms with Gasteiger partial charge in [0, 0.05) is 11.1 Å². The first-order valence-corrected chi connectivity index (χ1v) is 19.4. The van der Waals surface area contributed by atoms with Gasteiger partial charge in [-0.1, -0.05) is 158 Å². The van der Waals surface area contributed by atoms with Crippen LogP contribution in [0.5, 0.6) is 0 Å². The van der Waals surface area contributed by atoms with Crippen LogP contribution in [-0.2, 0) is 0 Å². The van der Waals surface area contributed by atoms with Gasteiger partial charge < -0.3 is 0 Å². The molecule has 0 saturated carbocycles. The van der Waals surface area contributed by atoms with E-state index in [9.17, 15) is 0 Å². The summed E-state index contributed by atoms with van der Waals surface area (Å²) in [4.78, 5) is 10.7. The Morgan fingerprint density at radius 2 is 0.607 bits per heavy atom. The summed E-state index contributed by atoms with van der Waals surface area (Å²) in [6.07, 6.45) is 0. The summed E-state index contributed by atoms with van der Waals surface area (Å²) in [5, 5.41) is 5.25. The zero-order valence-electron chi connectivity index (χ0n) is 31.1. The minimum Gasteiger partial charge on any atom is -0.244 e. The SMILES string of the molecule is Cc1cc2nc(-c3ccc(-c4ccc5c6c(cccc46)-c4ccccc4-5)cc3)c(-c3ccc(-c4ccc5c6c(cccc46)-c4ccccc4-5)cc3)nc2cc1C. The second-order valence-electron chi connectivity index (χ2n) is 15.4. The fourth-order valence-electron chi connectivity index (χ4n) is 9.45. The zero-order chi connectivity index (χ0) is 37.1. The highest BCUT2D eigenvalue weighted by Crippen LogP contribution is 2.51. The molecule has 0 spiro atoms. The molecular weight excluding hydrogens is 677 g/mol. The number of nitrogens with zero attached hydrogens (tertiary/aromatic N) is 2. The summed E-state index contributed by atoms with van der Waals surface area (Å²) < 4.78 is 0. The fraction of sp³-hybridized carbons (Fsp3) is 0.0370. The Morgan fingerprint density at radius 3 is 1.00 bits per heavy atom. The van der Waals surface area contributed by atoms with Crippen LogP contribution >= 0.6 is 0 Å². The van der Waals surface area contributed by atoms with Crippen LogP contribution in [0.25, 0.3) is 122 Å². The van der Waals surface area contributed by atoms with Crippen LogP contribution < -0.4 is 0 Å². The lowest BCUT2D eigenvalue weighted by Crippen LogP contribution is -1.97. The predicted molar refractivity (Wildman–Crippen MR) is 235 cm³/mol. The zero-order valence-corrected chi connectivity index (χ0v) is 31.1. The number of hydrogen-bond donors (Lipinski definition) is 0. The highest BCUT2D eigenvalue weighted by Gasteiger charge is 2.24. The average Bonchev–Trinajstić information content (AvgIpc) is 3.76. The van der Waals surface area contributed by atoms with Crippen molar-refractivity contribution in [1.82, 2.24) is 9.97 Å². The van der Waals surface area contributed by atoms with Crippen molar-refractivity contribution in [2.75, 3.05) is 0 Å². The largest absolute Gasteiger partial charge is 0.244 e. The summed E-state index contributed by atoms with van der Waals surface area (Å²) in [5.74, 6) is 0. The van der Waals surface area contributed by atoms with E-state index in [-0.39, 0.29) is 0 Å². The molecule has 0 N–H and O–H groups in total. The maximum atomic E-state index is 5.34. The number of aromatic nitrogens is 2. The third-order valence-corrected chi connectivity index (χ3v) is 12.3. The van der Waals surface area contributed by atoms with E-state index in [0.29, 0.717) is 0 Å². The van der Waals surface area contributed by atoms with Gasteiger partial charge in [0.15, 0.2) is 0 Å². The van der Waals surface area contributed by atoms with Gasteiger partial charge in [-0.05, 0) is 125 Å². The average molecular weight is 711 g/mol. The van der Waals surface area contributed by atoms with Gasteiger partial charge in [-0.15, -0.1) is 0 Å². The monoisotopic (exact) mass is 710 g/mol. The second kappa shape index (κ2) is 11.7. The number of rotatable bonds is 4. The minimum absolute atomic E-state index is 0.888. The molecule has 1 aromatic heterocycles. The van der Waals surface area contributed by atoms with Crippen LogP contribution in [0.4, 0.5) is 0 Å². The Hall–Kier alpha value is -7.16. The van der Waals surface area contributed by atoms with E-state index in [2.05, 4.69) is 184 Å². The Morgan fingerprint density at radius 1 is 0.286 bits per heavy atom. The molecule has 2 aliphatic carbocycles. The van der Waals surface area contributed by atoms with Crippen LogP contribution in [-0.4, -0.2) is 9.97 Å². The molecule has 0 saturated heterocycles. The van der Waals surface area contributed by atoms with Gasteiger partial charge in [0.05, 0.1) is 22.4 Å². The molecule has 1 heterocycles. The molecule has 0 fully saturated rings. The van der Waals surface area contributed by atoms with Gasteiger partial charge in [0.2, 0.25) is 0 Å². The Kier molecular flexibility index (Phi) is 6.50. The molecule has 9 aromatic carbocycles. The van der Waals surface area contributed by atoms with Crippen LogP contribution in [0.2, 0.25) is 0 Å². The summed E-state index contributed by atoms with van der Waals surface area (Å²) in [6, 6.07) is 62.3. The Bertz CT molecular complexity index is 3020. The molecule has 56 heavy (non-hydrogen) atoms. The molecule has 0 bridgehead atoms. The maximum Gasteiger partial charge on any atom is 0.0973 e. The van der Waals surface area contributed by atoms with E-state index in [1.165, 1.54) is 99.4 Å². The van der Waals surface area contributed by atoms with E-state index in [0.717, 1.165) is 33.5 Å². The van der Waals surface area contributed by atoms with E-state index >= 15 is 0 Å². The number of benzene rings is 9. The van der Waals surface area contributed by atoms with Crippen molar-refractivity contribution in [3.05, 3.63) is 181 Å². The molecule has 0 aliphatic heterocycles. The molecule has 0 unspecified atom stereocenters. The smallest absolute Gasteiger partial charge is 0.0973 e. The van der Waals surface area contributed by atoms with E-state index in [1.807, 2.05) is 0 Å². The first kappa shape index (κ1) is 31.2. The highest BCUT2D eigenvalue weighted by atomic mass is 14.8. The van der Waals surface area contributed by atoms with Crippen molar-refractivity contribution in [1.29, 1.82) is 0 Å². The molecule has 2 nitrogen and oxygen atoms in total. The van der Waals surface area contributed by atoms with Crippen molar-refractivity contribution in [2.24, 2.45) is 0 Å². The van der Waals surface area contributed by atoms with Gasteiger partial charge in [-0.2, -0.15) is 0 Å². The molecule has 10 aromatic rings. The lowest BCUT2D eigenvalue weighted by atomic mass is 9.92. The van der Waals surface area contributed by atoms with Crippen LogP contribution in [0.15, 0.2) is 170 Å². The first-order valence-electron chi connectivity index (χ1n) is 19.4. The molecule has 2 heteroatoms. The molecule has 12 rings (SSSR count).